The summed E-state index contributed by atoms with van der Waals surface area (Å²) in [7, 11) is 3.25. The first-order valence-electron chi connectivity index (χ1n) is 6.33. The van der Waals surface area contributed by atoms with Crippen LogP contribution in [0.15, 0.2) is 16.6 Å². The molecule has 0 aliphatic rings. The average molecular weight is 372 g/mol. The molecule has 0 aliphatic heterocycles. The van der Waals surface area contributed by atoms with Gasteiger partial charge in [-0.25, -0.2) is 10.4 Å². The molecule has 1 heterocycles. The second-order valence-electron chi connectivity index (χ2n) is 4.49. The van der Waals surface area contributed by atoms with Crippen LogP contribution in [-0.2, 0) is 0 Å². The Morgan fingerprint density at radius 2 is 2.00 bits per heavy atom. The summed E-state index contributed by atoms with van der Waals surface area (Å²) in [5.74, 6) is 7.19. The number of thiazole rings is 1. The molecule has 0 amide bonds. The van der Waals surface area contributed by atoms with Gasteiger partial charge in [0.25, 0.3) is 0 Å². The highest BCUT2D eigenvalue weighted by Crippen LogP contribution is 2.42. The Balaban J connectivity index is 2.57. The first kappa shape index (κ1) is 16.2. The van der Waals surface area contributed by atoms with Gasteiger partial charge in [0.15, 0.2) is 0 Å². The van der Waals surface area contributed by atoms with Gasteiger partial charge in [-0.15, -0.1) is 11.3 Å². The SMILES string of the molecule is COc1ccc(C(NN)c2sc(C)nc2C)c(OC)c1Br. The minimum Gasteiger partial charge on any atom is -0.495 e. The summed E-state index contributed by atoms with van der Waals surface area (Å²) < 4.78 is 11.6. The summed E-state index contributed by atoms with van der Waals surface area (Å²) in [5.41, 5.74) is 4.75. The third kappa shape index (κ3) is 3.06. The van der Waals surface area contributed by atoms with Crippen LogP contribution >= 0.6 is 27.3 Å². The Bertz CT molecular complexity index is 645. The van der Waals surface area contributed by atoms with Crippen molar-refractivity contribution in [2.45, 2.75) is 19.9 Å². The first-order chi connectivity index (χ1) is 10.0. The molecule has 0 fully saturated rings. The van der Waals surface area contributed by atoms with Crippen molar-refractivity contribution in [3.8, 4) is 11.5 Å². The van der Waals surface area contributed by atoms with E-state index in [1.165, 1.54) is 0 Å². The van der Waals surface area contributed by atoms with E-state index in [-0.39, 0.29) is 6.04 Å². The van der Waals surface area contributed by atoms with Gasteiger partial charge >= 0.3 is 0 Å². The minimum atomic E-state index is -0.187. The Morgan fingerprint density at radius 1 is 1.29 bits per heavy atom. The van der Waals surface area contributed by atoms with Gasteiger partial charge in [-0.3, -0.25) is 5.84 Å². The predicted molar refractivity (Wildman–Crippen MR) is 88.0 cm³/mol. The topological polar surface area (TPSA) is 69.4 Å². The summed E-state index contributed by atoms with van der Waals surface area (Å²) in [5, 5.41) is 1.01. The third-order valence-electron chi connectivity index (χ3n) is 3.20. The van der Waals surface area contributed by atoms with E-state index in [0.717, 1.165) is 25.6 Å². The fraction of sp³-hybridized carbons (Fsp3) is 0.357. The number of nitrogens with one attached hydrogen (secondary N) is 1. The highest BCUT2D eigenvalue weighted by molar-refractivity contribution is 9.10. The highest BCUT2D eigenvalue weighted by Gasteiger charge is 2.24. The summed E-state index contributed by atoms with van der Waals surface area (Å²) in [6.07, 6.45) is 0. The second-order valence-corrected chi connectivity index (χ2v) is 6.51. The van der Waals surface area contributed by atoms with Crippen LogP contribution in [0.1, 0.15) is 27.2 Å². The molecule has 1 unspecified atom stereocenters. The number of hydrogen-bond acceptors (Lipinski definition) is 6. The van der Waals surface area contributed by atoms with Gasteiger partial charge in [0.1, 0.15) is 16.0 Å². The molecular weight excluding hydrogens is 354 g/mol. The zero-order valence-corrected chi connectivity index (χ0v) is 14.8. The maximum Gasteiger partial charge on any atom is 0.142 e. The van der Waals surface area contributed by atoms with Gasteiger partial charge in [0.2, 0.25) is 0 Å². The van der Waals surface area contributed by atoms with Crippen LogP contribution in [0.4, 0.5) is 0 Å². The lowest BCUT2D eigenvalue weighted by molar-refractivity contribution is 0.383. The van der Waals surface area contributed by atoms with E-state index >= 15 is 0 Å². The largest absolute Gasteiger partial charge is 0.495 e. The lowest BCUT2D eigenvalue weighted by atomic mass is 10.0. The van der Waals surface area contributed by atoms with E-state index < -0.39 is 0 Å². The normalized spacial score (nSPS) is 12.3. The monoisotopic (exact) mass is 371 g/mol. The van der Waals surface area contributed by atoms with Crippen molar-refractivity contribution in [1.29, 1.82) is 0 Å². The number of nitrogens with zero attached hydrogens (tertiary/aromatic N) is 1. The zero-order valence-electron chi connectivity index (χ0n) is 12.4. The molecular formula is C14H18BrN3O2S. The fourth-order valence-corrected chi connectivity index (χ4v) is 3.96. The van der Waals surface area contributed by atoms with Crippen molar-refractivity contribution in [2.24, 2.45) is 5.84 Å². The predicted octanol–water partition coefficient (Wildman–Crippen LogP) is 3.09. The summed E-state index contributed by atoms with van der Waals surface area (Å²) in [4.78, 5) is 5.54. The van der Waals surface area contributed by atoms with E-state index in [1.54, 1.807) is 25.6 Å². The van der Waals surface area contributed by atoms with Crippen molar-refractivity contribution in [3.63, 3.8) is 0 Å². The van der Waals surface area contributed by atoms with Crippen molar-refractivity contribution in [1.82, 2.24) is 10.4 Å². The van der Waals surface area contributed by atoms with Gasteiger partial charge in [-0.2, -0.15) is 0 Å². The van der Waals surface area contributed by atoms with Crippen LogP contribution in [-0.4, -0.2) is 19.2 Å². The minimum absolute atomic E-state index is 0.187. The molecule has 114 valence electrons. The zero-order chi connectivity index (χ0) is 15.6. The van der Waals surface area contributed by atoms with Crippen LogP contribution in [0.5, 0.6) is 11.5 Å². The third-order valence-corrected chi connectivity index (χ3v) is 5.08. The number of hydrogen-bond donors (Lipinski definition) is 2. The quantitative estimate of drug-likeness (QED) is 0.624. The van der Waals surface area contributed by atoms with Crippen molar-refractivity contribution >= 4 is 27.3 Å². The second kappa shape index (κ2) is 6.74. The number of nitrogens with two attached hydrogens (primary N) is 1. The molecule has 2 aromatic rings. The molecule has 0 bridgehead atoms. The van der Waals surface area contributed by atoms with E-state index in [2.05, 4.69) is 26.3 Å². The van der Waals surface area contributed by atoms with E-state index in [1.807, 2.05) is 26.0 Å². The van der Waals surface area contributed by atoms with E-state index in [9.17, 15) is 0 Å². The number of aromatic nitrogens is 1. The Morgan fingerprint density at radius 3 is 2.48 bits per heavy atom. The molecule has 1 atom stereocenters. The van der Waals surface area contributed by atoms with Crippen molar-refractivity contribution in [3.05, 3.63) is 37.7 Å². The summed E-state index contributed by atoms with van der Waals surface area (Å²) >= 11 is 5.14. The molecule has 0 saturated heterocycles. The molecule has 5 nitrogen and oxygen atoms in total. The molecule has 21 heavy (non-hydrogen) atoms. The first-order valence-corrected chi connectivity index (χ1v) is 7.94. The molecule has 3 N–H and O–H groups in total. The van der Waals surface area contributed by atoms with Crippen LogP contribution < -0.4 is 20.7 Å². The number of rotatable bonds is 5. The molecule has 1 aromatic carbocycles. The highest BCUT2D eigenvalue weighted by atomic mass is 79.9. The van der Waals surface area contributed by atoms with Crippen molar-refractivity contribution < 1.29 is 9.47 Å². The molecule has 0 aliphatic carbocycles. The Labute approximate surface area is 136 Å². The lowest BCUT2D eigenvalue weighted by Crippen LogP contribution is -2.29. The Kier molecular flexibility index (Phi) is 5.21. The summed E-state index contributed by atoms with van der Waals surface area (Å²) in [6, 6.07) is 3.64. The number of hydrazine groups is 1. The van der Waals surface area contributed by atoms with Crippen LogP contribution in [0.25, 0.3) is 0 Å². The average Bonchev–Trinajstić information content (AvgIpc) is 2.79. The molecule has 1 aromatic heterocycles. The van der Waals surface area contributed by atoms with E-state index in [4.69, 9.17) is 15.3 Å². The number of methoxy groups -OCH3 is 2. The van der Waals surface area contributed by atoms with Gasteiger partial charge in [0.05, 0.1) is 35.8 Å². The van der Waals surface area contributed by atoms with Gasteiger partial charge in [0, 0.05) is 5.56 Å². The molecule has 0 spiro atoms. The maximum absolute atomic E-state index is 5.79. The Hall–Kier alpha value is -1.15. The van der Waals surface area contributed by atoms with Gasteiger partial charge in [-0.05, 0) is 41.9 Å². The molecule has 7 heteroatoms. The molecule has 0 radical (unpaired) electrons. The van der Waals surface area contributed by atoms with Crippen LogP contribution in [0.2, 0.25) is 0 Å². The van der Waals surface area contributed by atoms with Crippen molar-refractivity contribution in [2.75, 3.05) is 14.2 Å². The lowest BCUT2D eigenvalue weighted by Gasteiger charge is -2.20. The van der Waals surface area contributed by atoms with Gasteiger partial charge in [-0.1, -0.05) is 0 Å². The summed E-state index contributed by atoms with van der Waals surface area (Å²) in [6.45, 7) is 3.96. The molecule has 0 saturated carbocycles. The number of aryl methyl sites for hydroxylation is 2. The van der Waals surface area contributed by atoms with Crippen LogP contribution in [0, 0.1) is 13.8 Å². The smallest absolute Gasteiger partial charge is 0.142 e. The van der Waals surface area contributed by atoms with Crippen LogP contribution in [0.3, 0.4) is 0 Å². The standard InChI is InChI=1S/C14H18BrN3O2S/c1-7-14(21-8(2)17-7)12(18-16)9-5-6-10(19-3)11(15)13(9)20-4/h5-6,12,18H,16H2,1-4H3. The number of ether oxygens (including phenoxy) is 2. The number of halogens is 1. The molecule has 2 rings (SSSR count). The van der Waals surface area contributed by atoms with E-state index in [0.29, 0.717) is 11.5 Å². The fourth-order valence-electron chi connectivity index (χ4n) is 2.27. The number of benzene rings is 1. The maximum atomic E-state index is 5.79. The van der Waals surface area contributed by atoms with Gasteiger partial charge < -0.3 is 9.47 Å².